The first-order chi connectivity index (χ1) is 9.86. The third kappa shape index (κ3) is 3.11. The summed E-state index contributed by atoms with van der Waals surface area (Å²) >= 11 is 1.69. The molecule has 0 spiro atoms. The Labute approximate surface area is 123 Å². The Kier molecular flexibility index (Phi) is 4.50. The Morgan fingerprint density at radius 3 is 3.25 bits per heavy atom. The maximum absolute atomic E-state index is 5.46. The number of nitrogens with zero attached hydrogens (tertiary/aromatic N) is 2. The Balaban J connectivity index is 1.67. The zero-order valence-corrected chi connectivity index (χ0v) is 12.7. The molecule has 0 aliphatic carbocycles. The second-order valence-corrected chi connectivity index (χ2v) is 6.29. The minimum Gasteiger partial charge on any atom is -0.355 e. The number of thiophene rings is 1. The molecule has 3 heterocycles. The van der Waals surface area contributed by atoms with E-state index in [9.17, 15) is 0 Å². The lowest BCUT2D eigenvalue weighted by Crippen LogP contribution is -2.44. The molecule has 1 saturated heterocycles. The van der Waals surface area contributed by atoms with Crippen molar-refractivity contribution >= 4 is 11.3 Å². The van der Waals surface area contributed by atoms with E-state index in [1.165, 1.54) is 19.3 Å². The van der Waals surface area contributed by atoms with E-state index in [1.54, 1.807) is 11.3 Å². The summed E-state index contributed by atoms with van der Waals surface area (Å²) in [4.78, 5) is 3.67. The molecule has 20 heavy (non-hydrogen) atoms. The van der Waals surface area contributed by atoms with Gasteiger partial charge in [0, 0.05) is 25.2 Å². The molecule has 1 fully saturated rings. The number of hydrogen-bond acceptors (Lipinski definition) is 5. The van der Waals surface area contributed by atoms with Crippen LogP contribution in [0, 0.1) is 0 Å². The molecule has 108 valence electrons. The van der Waals surface area contributed by atoms with Crippen LogP contribution in [0.1, 0.15) is 25.0 Å². The predicted octanol–water partition coefficient (Wildman–Crippen LogP) is 2.98. The number of rotatable bonds is 5. The van der Waals surface area contributed by atoms with Crippen molar-refractivity contribution in [3.8, 4) is 10.6 Å². The number of aromatic nitrogens is 1. The highest BCUT2D eigenvalue weighted by Gasteiger charge is 2.23. The molecular weight excluding hydrogens is 270 g/mol. The number of likely N-dealkylation sites (tertiary alicyclic amines) is 1. The van der Waals surface area contributed by atoms with E-state index in [4.69, 9.17) is 4.52 Å². The van der Waals surface area contributed by atoms with Crippen LogP contribution in [0.3, 0.4) is 0 Å². The standard InChI is InChI=1S/C15H21N3OS/c1-16-10-13-5-2-3-7-18(13)11-12-9-14(19-17-12)15-6-4-8-20-15/h4,6,8-9,13,16H,2-3,5,7,10-11H2,1H3. The average Bonchev–Trinajstić information content (AvgIpc) is 3.12. The molecule has 2 aromatic heterocycles. The highest BCUT2D eigenvalue weighted by Crippen LogP contribution is 2.26. The van der Waals surface area contributed by atoms with Gasteiger partial charge in [0.05, 0.1) is 10.6 Å². The Morgan fingerprint density at radius 1 is 1.50 bits per heavy atom. The van der Waals surface area contributed by atoms with Crippen molar-refractivity contribution in [1.82, 2.24) is 15.4 Å². The quantitative estimate of drug-likeness (QED) is 0.919. The first-order valence-corrected chi connectivity index (χ1v) is 8.13. The maximum Gasteiger partial charge on any atom is 0.177 e. The topological polar surface area (TPSA) is 41.3 Å². The molecule has 5 heteroatoms. The summed E-state index contributed by atoms with van der Waals surface area (Å²) in [6.07, 6.45) is 3.90. The summed E-state index contributed by atoms with van der Waals surface area (Å²) in [6.45, 7) is 3.10. The van der Waals surface area contributed by atoms with E-state index < -0.39 is 0 Å². The maximum atomic E-state index is 5.46. The lowest BCUT2D eigenvalue weighted by atomic mass is 10.0. The van der Waals surface area contributed by atoms with Crippen LogP contribution in [0.15, 0.2) is 28.1 Å². The monoisotopic (exact) mass is 291 g/mol. The van der Waals surface area contributed by atoms with Crippen LogP contribution in [-0.2, 0) is 6.54 Å². The van der Waals surface area contributed by atoms with Crippen molar-refractivity contribution in [2.24, 2.45) is 0 Å². The molecule has 0 amide bonds. The van der Waals surface area contributed by atoms with Crippen molar-refractivity contribution in [3.05, 3.63) is 29.3 Å². The van der Waals surface area contributed by atoms with E-state index in [0.717, 1.165) is 36.0 Å². The number of nitrogens with one attached hydrogen (secondary N) is 1. The van der Waals surface area contributed by atoms with Crippen LogP contribution in [0.25, 0.3) is 10.6 Å². The Bertz CT molecular complexity index is 521. The molecular formula is C15H21N3OS. The van der Waals surface area contributed by atoms with Crippen LogP contribution in [0.5, 0.6) is 0 Å². The van der Waals surface area contributed by atoms with E-state index in [2.05, 4.69) is 32.9 Å². The Morgan fingerprint density at radius 2 is 2.45 bits per heavy atom. The summed E-state index contributed by atoms with van der Waals surface area (Å²) in [7, 11) is 2.03. The molecule has 1 N–H and O–H groups in total. The predicted molar refractivity (Wildman–Crippen MR) is 81.8 cm³/mol. The smallest absolute Gasteiger partial charge is 0.177 e. The molecule has 0 aromatic carbocycles. The fourth-order valence-electron chi connectivity index (χ4n) is 2.86. The van der Waals surface area contributed by atoms with Gasteiger partial charge in [-0.2, -0.15) is 0 Å². The normalized spacial score (nSPS) is 20.4. The third-order valence-electron chi connectivity index (χ3n) is 3.88. The average molecular weight is 291 g/mol. The van der Waals surface area contributed by atoms with Crippen LogP contribution in [-0.4, -0.2) is 36.2 Å². The molecule has 0 bridgehead atoms. The zero-order chi connectivity index (χ0) is 13.8. The van der Waals surface area contributed by atoms with Gasteiger partial charge in [-0.3, -0.25) is 4.90 Å². The van der Waals surface area contributed by atoms with Crippen molar-refractivity contribution in [3.63, 3.8) is 0 Å². The van der Waals surface area contributed by atoms with Crippen LogP contribution in [0.2, 0.25) is 0 Å². The summed E-state index contributed by atoms with van der Waals surface area (Å²) in [5.74, 6) is 0.886. The second kappa shape index (κ2) is 6.52. The minimum absolute atomic E-state index is 0.621. The van der Waals surface area contributed by atoms with Gasteiger partial charge >= 0.3 is 0 Å². The highest BCUT2D eigenvalue weighted by atomic mass is 32.1. The lowest BCUT2D eigenvalue weighted by Gasteiger charge is -2.35. The van der Waals surface area contributed by atoms with Crippen molar-refractivity contribution in [2.75, 3.05) is 20.1 Å². The molecule has 0 radical (unpaired) electrons. The zero-order valence-electron chi connectivity index (χ0n) is 11.8. The van der Waals surface area contributed by atoms with Gasteiger partial charge in [-0.05, 0) is 37.9 Å². The van der Waals surface area contributed by atoms with E-state index in [0.29, 0.717) is 6.04 Å². The summed E-state index contributed by atoms with van der Waals surface area (Å²) < 4.78 is 5.46. The molecule has 0 saturated carbocycles. The molecule has 2 aromatic rings. The van der Waals surface area contributed by atoms with Gasteiger partial charge in [0.2, 0.25) is 0 Å². The molecule has 1 aliphatic rings. The first-order valence-electron chi connectivity index (χ1n) is 7.25. The molecule has 1 aliphatic heterocycles. The Hall–Kier alpha value is -1.17. The van der Waals surface area contributed by atoms with E-state index in [1.807, 2.05) is 13.1 Å². The largest absolute Gasteiger partial charge is 0.355 e. The molecule has 3 rings (SSSR count). The van der Waals surface area contributed by atoms with E-state index >= 15 is 0 Å². The van der Waals surface area contributed by atoms with Crippen molar-refractivity contribution in [1.29, 1.82) is 0 Å². The van der Waals surface area contributed by atoms with Gasteiger partial charge in [-0.15, -0.1) is 11.3 Å². The number of hydrogen-bond donors (Lipinski definition) is 1. The molecule has 4 nitrogen and oxygen atoms in total. The summed E-state index contributed by atoms with van der Waals surface area (Å²) in [6, 6.07) is 6.81. The van der Waals surface area contributed by atoms with E-state index in [-0.39, 0.29) is 0 Å². The van der Waals surface area contributed by atoms with Crippen LogP contribution < -0.4 is 5.32 Å². The van der Waals surface area contributed by atoms with Gasteiger partial charge < -0.3 is 9.84 Å². The van der Waals surface area contributed by atoms with Crippen LogP contribution >= 0.6 is 11.3 Å². The van der Waals surface area contributed by atoms with Crippen LogP contribution in [0.4, 0.5) is 0 Å². The third-order valence-corrected chi connectivity index (χ3v) is 4.76. The second-order valence-electron chi connectivity index (χ2n) is 5.34. The minimum atomic E-state index is 0.621. The van der Waals surface area contributed by atoms with Crippen molar-refractivity contribution < 1.29 is 4.52 Å². The van der Waals surface area contributed by atoms with Gasteiger partial charge in [0.25, 0.3) is 0 Å². The van der Waals surface area contributed by atoms with Crippen molar-refractivity contribution in [2.45, 2.75) is 31.8 Å². The number of likely N-dealkylation sites (N-methyl/N-ethyl adjacent to an activating group) is 1. The van der Waals surface area contributed by atoms with Gasteiger partial charge in [0.15, 0.2) is 5.76 Å². The summed E-state index contributed by atoms with van der Waals surface area (Å²) in [5.41, 5.74) is 1.04. The summed E-state index contributed by atoms with van der Waals surface area (Å²) in [5, 5.41) is 9.59. The van der Waals surface area contributed by atoms with Gasteiger partial charge in [0.1, 0.15) is 0 Å². The fourth-order valence-corrected chi connectivity index (χ4v) is 3.54. The first kappa shape index (κ1) is 13.8. The molecule has 1 atom stereocenters. The van der Waals surface area contributed by atoms with Gasteiger partial charge in [-0.25, -0.2) is 0 Å². The SMILES string of the molecule is CNCC1CCCCN1Cc1cc(-c2cccs2)on1. The molecule has 1 unspecified atom stereocenters. The highest BCUT2D eigenvalue weighted by molar-refractivity contribution is 7.13. The fraction of sp³-hybridized carbons (Fsp3) is 0.533. The lowest BCUT2D eigenvalue weighted by molar-refractivity contribution is 0.136. The number of piperidine rings is 1. The van der Waals surface area contributed by atoms with Gasteiger partial charge in [-0.1, -0.05) is 17.6 Å².